The van der Waals surface area contributed by atoms with Crippen molar-refractivity contribution in [2.45, 2.75) is 46.1 Å². The van der Waals surface area contributed by atoms with E-state index >= 15 is 0 Å². The summed E-state index contributed by atoms with van der Waals surface area (Å²) in [5.41, 5.74) is 2.37. The molecule has 0 saturated heterocycles. The van der Waals surface area contributed by atoms with Crippen LogP contribution in [0.1, 0.15) is 44.7 Å². The molecule has 20 heavy (non-hydrogen) atoms. The lowest BCUT2D eigenvalue weighted by Gasteiger charge is -2.17. The first-order valence-corrected chi connectivity index (χ1v) is 7.93. The molecule has 0 bridgehead atoms. The Morgan fingerprint density at radius 3 is 2.65 bits per heavy atom. The van der Waals surface area contributed by atoms with Crippen molar-refractivity contribution in [1.29, 1.82) is 0 Å². The van der Waals surface area contributed by atoms with Gasteiger partial charge in [0, 0.05) is 35.6 Å². The molecule has 4 nitrogen and oxygen atoms in total. The van der Waals surface area contributed by atoms with Gasteiger partial charge in [-0.2, -0.15) is 5.10 Å². The minimum absolute atomic E-state index is 0.0696. The standard InChI is InChI=1S/C15H24N4S/c1-6-7-16-9-12-13(15(2,3)4)18-14(20-12)11-8-17-19(5)10-11/h8,10,16H,6-7,9H2,1-5H3. The topological polar surface area (TPSA) is 42.7 Å². The largest absolute Gasteiger partial charge is 0.312 e. The molecule has 2 aromatic rings. The highest BCUT2D eigenvalue weighted by molar-refractivity contribution is 7.15. The lowest BCUT2D eigenvalue weighted by atomic mass is 9.91. The van der Waals surface area contributed by atoms with Gasteiger partial charge in [0.05, 0.1) is 11.9 Å². The summed E-state index contributed by atoms with van der Waals surface area (Å²) in [6.07, 6.45) is 5.06. The fourth-order valence-corrected chi connectivity index (χ4v) is 3.31. The quantitative estimate of drug-likeness (QED) is 0.860. The van der Waals surface area contributed by atoms with E-state index in [1.807, 2.05) is 24.1 Å². The Morgan fingerprint density at radius 2 is 2.10 bits per heavy atom. The highest BCUT2D eigenvalue weighted by Crippen LogP contribution is 2.34. The van der Waals surface area contributed by atoms with Crippen LogP contribution in [0.15, 0.2) is 12.4 Å². The maximum atomic E-state index is 4.87. The number of aryl methyl sites for hydroxylation is 1. The Morgan fingerprint density at radius 1 is 1.35 bits per heavy atom. The van der Waals surface area contributed by atoms with Crippen LogP contribution in [0, 0.1) is 0 Å². The van der Waals surface area contributed by atoms with Crippen LogP contribution in [0.25, 0.3) is 10.6 Å². The molecule has 0 fully saturated rings. The minimum atomic E-state index is 0.0696. The van der Waals surface area contributed by atoms with E-state index in [0.717, 1.165) is 30.1 Å². The van der Waals surface area contributed by atoms with Crippen LogP contribution in [0.4, 0.5) is 0 Å². The van der Waals surface area contributed by atoms with Crippen LogP contribution < -0.4 is 5.32 Å². The first-order valence-electron chi connectivity index (χ1n) is 7.11. The molecule has 2 rings (SSSR count). The maximum absolute atomic E-state index is 4.87. The number of hydrogen-bond acceptors (Lipinski definition) is 4. The second-order valence-corrected chi connectivity index (χ2v) is 7.20. The summed E-state index contributed by atoms with van der Waals surface area (Å²) in [5.74, 6) is 0. The van der Waals surface area contributed by atoms with Gasteiger partial charge < -0.3 is 5.32 Å². The van der Waals surface area contributed by atoms with Crippen molar-refractivity contribution >= 4 is 11.3 Å². The molecule has 0 spiro atoms. The lowest BCUT2D eigenvalue weighted by molar-refractivity contribution is 0.559. The second-order valence-electron chi connectivity index (χ2n) is 6.12. The van der Waals surface area contributed by atoms with Gasteiger partial charge in [-0.1, -0.05) is 27.7 Å². The van der Waals surface area contributed by atoms with Gasteiger partial charge in [0.25, 0.3) is 0 Å². The molecule has 5 heteroatoms. The van der Waals surface area contributed by atoms with Crippen LogP contribution in [-0.2, 0) is 19.0 Å². The molecule has 0 aromatic carbocycles. The minimum Gasteiger partial charge on any atom is -0.312 e. The van der Waals surface area contributed by atoms with Crippen molar-refractivity contribution in [2.75, 3.05) is 6.54 Å². The van der Waals surface area contributed by atoms with Crippen molar-refractivity contribution < 1.29 is 0 Å². The molecular weight excluding hydrogens is 268 g/mol. The number of rotatable bonds is 5. The first-order chi connectivity index (χ1) is 9.41. The van der Waals surface area contributed by atoms with Crippen molar-refractivity contribution in [3.8, 4) is 10.6 Å². The summed E-state index contributed by atoms with van der Waals surface area (Å²) in [5, 5.41) is 8.79. The van der Waals surface area contributed by atoms with Crippen LogP contribution in [0.3, 0.4) is 0 Å². The van der Waals surface area contributed by atoms with E-state index in [1.54, 1.807) is 11.3 Å². The first kappa shape index (κ1) is 15.2. The van der Waals surface area contributed by atoms with Crippen molar-refractivity contribution in [1.82, 2.24) is 20.1 Å². The van der Waals surface area contributed by atoms with E-state index in [4.69, 9.17) is 4.98 Å². The van der Waals surface area contributed by atoms with Gasteiger partial charge in [-0.3, -0.25) is 4.68 Å². The van der Waals surface area contributed by atoms with Gasteiger partial charge in [-0.25, -0.2) is 4.98 Å². The zero-order chi connectivity index (χ0) is 14.8. The number of nitrogens with zero attached hydrogens (tertiary/aromatic N) is 3. The third-order valence-electron chi connectivity index (χ3n) is 3.07. The third kappa shape index (κ3) is 3.46. The Kier molecular flexibility index (Phi) is 4.60. The van der Waals surface area contributed by atoms with Crippen LogP contribution in [0.2, 0.25) is 0 Å². The van der Waals surface area contributed by atoms with E-state index in [1.165, 1.54) is 10.6 Å². The lowest BCUT2D eigenvalue weighted by Crippen LogP contribution is -2.19. The van der Waals surface area contributed by atoms with Crippen LogP contribution in [-0.4, -0.2) is 21.3 Å². The summed E-state index contributed by atoms with van der Waals surface area (Å²) in [7, 11) is 1.94. The molecule has 0 aliphatic heterocycles. The Balaban J connectivity index is 2.31. The molecule has 0 radical (unpaired) electrons. The second kappa shape index (κ2) is 6.06. The van der Waals surface area contributed by atoms with Crippen LogP contribution >= 0.6 is 11.3 Å². The van der Waals surface area contributed by atoms with E-state index in [2.05, 4.69) is 38.1 Å². The third-order valence-corrected chi connectivity index (χ3v) is 4.18. The van der Waals surface area contributed by atoms with E-state index in [9.17, 15) is 0 Å². The molecule has 2 heterocycles. The molecule has 0 unspecified atom stereocenters. The average Bonchev–Trinajstić information content (AvgIpc) is 2.95. The van der Waals surface area contributed by atoms with Gasteiger partial charge in [-0.05, 0) is 13.0 Å². The summed E-state index contributed by atoms with van der Waals surface area (Å²) >= 11 is 1.78. The molecule has 0 saturated carbocycles. The van der Waals surface area contributed by atoms with Crippen molar-refractivity contribution in [3.05, 3.63) is 23.0 Å². The zero-order valence-electron chi connectivity index (χ0n) is 13.0. The van der Waals surface area contributed by atoms with Crippen molar-refractivity contribution in [2.24, 2.45) is 7.05 Å². The Bertz CT molecular complexity index is 563. The summed E-state index contributed by atoms with van der Waals surface area (Å²) in [6.45, 7) is 10.8. The summed E-state index contributed by atoms with van der Waals surface area (Å²) in [4.78, 5) is 6.21. The van der Waals surface area contributed by atoms with E-state index in [-0.39, 0.29) is 5.41 Å². The summed E-state index contributed by atoms with van der Waals surface area (Å²) < 4.78 is 1.82. The normalized spacial score (nSPS) is 12.1. The highest BCUT2D eigenvalue weighted by atomic mass is 32.1. The highest BCUT2D eigenvalue weighted by Gasteiger charge is 2.23. The predicted molar refractivity (Wildman–Crippen MR) is 85.0 cm³/mol. The monoisotopic (exact) mass is 292 g/mol. The molecule has 0 aliphatic rings. The molecule has 1 N–H and O–H groups in total. The van der Waals surface area contributed by atoms with E-state index in [0.29, 0.717) is 0 Å². The van der Waals surface area contributed by atoms with Gasteiger partial charge in [0.1, 0.15) is 5.01 Å². The molecular formula is C15H24N4S. The Labute approximate surface area is 125 Å². The fourth-order valence-electron chi connectivity index (χ4n) is 2.09. The molecule has 0 amide bonds. The molecule has 0 aliphatic carbocycles. The van der Waals surface area contributed by atoms with Crippen molar-refractivity contribution in [3.63, 3.8) is 0 Å². The SMILES string of the molecule is CCCNCc1sc(-c2cnn(C)c2)nc1C(C)(C)C. The maximum Gasteiger partial charge on any atom is 0.127 e. The number of aromatic nitrogens is 3. The predicted octanol–water partition coefficient (Wildman–Crippen LogP) is 3.34. The van der Waals surface area contributed by atoms with E-state index < -0.39 is 0 Å². The molecule has 2 aromatic heterocycles. The smallest absolute Gasteiger partial charge is 0.127 e. The van der Waals surface area contributed by atoms with Gasteiger partial charge in [-0.15, -0.1) is 11.3 Å². The molecule has 0 atom stereocenters. The number of thiazole rings is 1. The summed E-state index contributed by atoms with van der Waals surface area (Å²) in [6, 6.07) is 0. The van der Waals surface area contributed by atoms with Gasteiger partial charge in [0.2, 0.25) is 0 Å². The number of nitrogens with one attached hydrogen (secondary N) is 1. The van der Waals surface area contributed by atoms with Gasteiger partial charge in [0.15, 0.2) is 0 Å². The zero-order valence-corrected chi connectivity index (χ0v) is 13.8. The Hall–Kier alpha value is -1.20. The molecule has 110 valence electrons. The van der Waals surface area contributed by atoms with Crippen LogP contribution in [0.5, 0.6) is 0 Å². The number of hydrogen-bond donors (Lipinski definition) is 1. The van der Waals surface area contributed by atoms with Gasteiger partial charge >= 0.3 is 0 Å². The average molecular weight is 292 g/mol. The fraction of sp³-hybridized carbons (Fsp3) is 0.600.